The first-order valence-electron chi connectivity index (χ1n) is 5.46. The molecule has 0 spiro atoms. The van der Waals surface area contributed by atoms with E-state index in [1.54, 1.807) is 0 Å². The maximum Gasteiger partial charge on any atom is 0.312 e. The van der Waals surface area contributed by atoms with Gasteiger partial charge in [0.25, 0.3) is 0 Å². The van der Waals surface area contributed by atoms with Gasteiger partial charge in [-0.25, -0.2) is 4.98 Å². The fourth-order valence-corrected chi connectivity index (χ4v) is 2.51. The fraction of sp³-hybridized carbons (Fsp3) is 0.636. The van der Waals surface area contributed by atoms with E-state index in [0.717, 1.165) is 23.6 Å². The first kappa shape index (κ1) is 8.95. The van der Waals surface area contributed by atoms with Gasteiger partial charge >= 0.3 is 5.97 Å². The number of carboxylic acids is 1. The molecule has 0 aromatic carbocycles. The van der Waals surface area contributed by atoms with Crippen molar-refractivity contribution in [3.05, 3.63) is 17.2 Å². The van der Waals surface area contributed by atoms with Crippen LogP contribution in [0.4, 0.5) is 0 Å². The van der Waals surface area contributed by atoms with Crippen LogP contribution in [0.1, 0.15) is 48.3 Å². The summed E-state index contributed by atoms with van der Waals surface area (Å²) in [6, 6.07) is 0. The summed E-state index contributed by atoms with van der Waals surface area (Å²) in [6.07, 6.45) is 4.00. The minimum absolute atomic E-state index is 0.362. The van der Waals surface area contributed by atoms with Gasteiger partial charge in [-0.2, -0.15) is 0 Å². The van der Waals surface area contributed by atoms with Crippen LogP contribution >= 0.6 is 0 Å². The summed E-state index contributed by atoms with van der Waals surface area (Å²) in [5, 5.41) is 9.07. The van der Waals surface area contributed by atoms with Gasteiger partial charge < -0.3 is 9.67 Å². The predicted molar refractivity (Wildman–Crippen MR) is 53.9 cm³/mol. The topological polar surface area (TPSA) is 55.1 Å². The number of nitrogens with zero attached hydrogens (tertiary/aromatic N) is 2. The molecule has 1 heterocycles. The van der Waals surface area contributed by atoms with Crippen molar-refractivity contribution in [2.45, 2.75) is 37.5 Å². The van der Waals surface area contributed by atoms with E-state index in [4.69, 9.17) is 5.11 Å². The van der Waals surface area contributed by atoms with Crippen LogP contribution < -0.4 is 0 Å². The van der Waals surface area contributed by atoms with E-state index in [1.807, 2.05) is 7.05 Å². The number of carboxylic acid groups (broad SMARTS) is 1. The van der Waals surface area contributed by atoms with Crippen molar-refractivity contribution < 1.29 is 9.90 Å². The zero-order valence-electron chi connectivity index (χ0n) is 8.73. The summed E-state index contributed by atoms with van der Waals surface area (Å²) in [7, 11) is 2.02. The number of fused-ring (bicyclic) bond motifs is 1. The molecule has 3 rings (SSSR count). The molecule has 0 radical (unpaired) electrons. The van der Waals surface area contributed by atoms with Crippen molar-refractivity contribution in [3.8, 4) is 0 Å². The van der Waals surface area contributed by atoms with E-state index in [2.05, 4.69) is 9.55 Å². The molecule has 1 aromatic rings. The number of aromatic nitrogens is 2. The molecule has 0 saturated heterocycles. The Hall–Kier alpha value is -1.32. The molecule has 1 N–H and O–H groups in total. The molecule has 1 fully saturated rings. The maximum absolute atomic E-state index is 11.0. The second kappa shape index (κ2) is 2.84. The van der Waals surface area contributed by atoms with E-state index in [-0.39, 0.29) is 5.92 Å². The summed E-state index contributed by atoms with van der Waals surface area (Å²) < 4.78 is 2.12. The van der Waals surface area contributed by atoms with Crippen molar-refractivity contribution in [2.75, 3.05) is 0 Å². The Bertz CT molecular complexity index is 432. The van der Waals surface area contributed by atoms with Crippen LogP contribution in [0.2, 0.25) is 0 Å². The van der Waals surface area contributed by atoms with Crippen LogP contribution in [0.5, 0.6) is 0 Å². The molecular formula is C11H14N2O2. The lowest BCUT2D eigenvalue weighted by Crippen LogP contribution is -2.08. The predicted octanol–water partition coefficient (Wildman–Crippen LogP) is 1.41. The van der Waals surface area contributed by atoms with Crippen molar-refractivity contribution in [3.63, 3.8) is 0 Å². The maximum atomic E-state index is 11.0. The van der Waals surface area contributed by atoms with Crippen molar-refractivity contribution >= 4 is 5.97 Å². The minimum atomic E-state index is -0.728. The van der Waals surface area contributed by atoms with Gasteiger partial charge in [-0.1, -0.05) is 0 Å². The Morgan fingerprint density at radius 3 is 2.80 bits per heavy atom. The van der Waals surface area contributed by atoms with Gasteiger partial charge in [-0.3, -0.25) is 4.79 Å². The van der Waals surface area contributed by atoms with E-state index in [9.17, 15) is 4.79 Å². The van der Waals surface area contributed by atoms with Crippen molar-refractivity contribution in [2.24, 2.45) is 7.05 Å². The van der Waals surface area contributed by atoms with E-state index < -0.39 is 5.97 Å². The lowest BCUT2D eigenvalue weighted by Gasteiger charge is -2.02. The zero-order valence-corrected chi connectivity index (χ0v) is 8.73. The third kappa shape index (κ3) is 1.20. The lowest BCUT2D eigenvalue weighted by molar-refractivity contribution is -0.138. The van der Waals surface area contributed by atoms with Gasteiger partial charge in [-0.05, 0) is 25.7 Å². The SMILES string of the molecule is Cn1c(C2CC2)nc2c1CCC2C(=O)O. The highest BCUT2D eigenvalue weighted by Crippen LogP contribution is 2.42. The highest BCUT2D eigenvalue weighted by Gasteiger charge is 2.37. The zero-order chi connectivity index (χ0) is 10.6. The van der Waals surface area contributed by atoms with Crippen LogP contribution in [0, 0.1) is 0 Å². The van der Waals surface area contributed by atoms with Gasteiger partial charge in [0.15, 0.2) is 0 Å². The lowest BCUT2D eigenvalue weighted by atomic mass is 10.1. The number of hydrogen-bond donors (Lipinski definition) is 1. The van der Waals surface area contributed by atoms with Gasteiger partial charge in [-0.15, -0.1) is 0 Å². The molecule has 0 bridgehead atoms. The van der Waals surface area contributed by atoms with Crippen LogP contribution in [0.3, 0.4) is 0 Å². The molecule has 15 heavy (non-hydrogen) atoms. The third-order valence-electron chi connectivity index (χ3n) is 3.52. The summed E-state index contributed by atoms with van der Waals surface area (Å²) >= 11 is 0. The molecule has 0 amide bonds. The summed E-state index contributed by atoms with van der Waals surface area (Å²) in [6.45, 7) is 0. The number of hydrogen-bond acceptors (Lipinski definition) is 2. The van der Waals surface area contributed by atoms with Crippen molar-refractivity contribution in [1.82, 2.24) is 9.55 Å². The Kier molecular flexibility index (Phi) is 1.69. The molecule has 4 heteroatoms. The molecule has 2 aliphatic carbocycles. The molecule has 80 valence electrons. The van der Waals surface area contributed by atoms with E-state index in [1.165, 1.54) is 12.8 Å². The number of imidazole rings is 1. The first-order valence-corrected chi connectivity index (χ1v) is 5.46. The van der Waals surface area contributed by atoms with Gasteiger partial charge in [0.1, 0.15) is 11.7 Å². The summed E-state index contributed by atoms with van der Waals surface area (Å²) in [4.78, 5) is 15.6. The van der Waals surface area contributed by atoms with E-state index >= 15 is 0 Å². The fourth-order valence-electron chi connectivity index (χ4n) is 2.51. The monoisotopic (exact) mass is 206 g/mol. The number of carbonyl (C=O) groups is 1. The number of rotatable bonds is 2. The minimum Gasteiger partial charge on any atom is -0.481 e. The molecule has 1 atom stereocenters. The average Bonchev–Trinajstić information content (AvgIpc) is 2.85. The summed E-state index contributed by atoms with van der Waals surface area (Å²) in [5.41, 5.74) is 1.97. The number of aliphatic carboxylic acids is 1. The molecule has 0 aliphatic heterocycles. The van der Waals surface area contributed by atoms with Gasteiger partial charge in [0, 0.05) is 18.7 Å². The highest BCUT2D eigenvalue weighted by atomic mass is 16.4. The Labute approximate surface area is 87.9 Å². The standard InChI is InChI=1S/C11H14N2O2/c1-13-8-5-4-7(11(14)15)9(8)12-10(13)6-2-3-6/h6-7H,2-5H2,1H3,(H,14,15). The van der Waals surface area contributed by atoms with Gasteiger partial charge in [0.2, 0.25) is 0 Å². The van der Waals surface area contributed by atoms with Crippen LogP contribution in [-0.2, 0) is 18.3 Å². The Morgan fingerprint density at radius 2 is 2.20 bits per heavy atom. The second-order valence-electron chi connectivity index (χ2n) is 4.56. The van der Waals surface area contributed by atoms with Crippen LogP contribution in [0.25, 0.3) is 0 Å². The average molecular weight is 206 g/mol. The highest BCUT2D eigenvalue weighted by molar-refractivity contribution is 5.76. The first-order chi connectivity index (χ1) is 7.18. The molecule has 4 nitrogen and oxygen atoms in total. The van der Waals surface area contributed by atoms with Crippen molar-refractivity contribution in [1.29, 1.82) is 0 Å². The molecule has 1 aromatic heterocycles. The smallest absolute Gasteiger partial charge is 0.312 e. The second-order valence-corrected chi connectivity index (χ2v) is 4.56. The van der Waals surface area contributed by atoms with Crippen LogP contribution in [0.15, 0.2) is 0 Å². The normalized spacial score (nSPS) is 24.2. The molecular weight excluding hydrogens is 192 g/mol. The largest absolute Gasteiger partial charge is 0.481 e. The van der Waals surface area contributed by atoms with Gasteiger partial charge in [0.05, 0.1) is 5.69 Å². The molecule has 2 aliphatic rings. The quantitative estimate of drug-likeness (QED) is 0.796. The Balaban J connectivity index is 2.05. The van der Waals surface area contributed by atoms with E-state index in [0.29, 0.717) is 12.3 Å². The summed E-state index contributed by atoms with van der Waals surface area (Å²) in [5.74, 6) is 0.605. The van der Waals surface area contributed by atoms with Crippen LogP contribution in [-0.4, -0.2) is 20.6 Å². The Morgan fingerprint density at radius 1 is 1.47 bits per heavy atom. The third-order valence-corrected chi connectivity index (χ3v) is 3.52. The molecule has 1 saturated carbocycles. The molecule has 1 unspecified atom stereocenters.